The van der Waals surface area contributed by atoms with Crippen molar-refractivity contribution in [3.05, 3.63) is 55.4 Å². The fourth-order valence-corrected chi connectivity index (χ4v) is 3.40. The van der Waals surface area contributed by atoms with Gasteiger partial charge in [0, 0.05) is 4.88 Å². The molecule has 0 aliphatic carbocycles. The molecule has 0 amide bonds. The molecule has 0 radical (unpaired) electrons. The van der Waals surface area contributed by atoms with Crippen molar-refractivity contribution >= 4 is 34.5 Å². The maximum atomic E-state index is 13.5. The molecule has 2 aromatic rings. The zero-order valence-electron chi connectivity index (χ0n) is 9.93. The van der Waals surface area contributed by atoms with Crippen molar-refractivity contribution in [3.63, 3.8) is 0 Å². The Morgan fingerprint density at radius 1 is 1.33 bits per heavy atom. The molecule has 0 fully saturated rings. The number of benzene rings is 1. The number of aryl methyl sites for hydroxylation is 1. The van der Waals surface area contributed by atoms with Gasteiger partial charge in [-0.1, -0.05) is 35.3 Å². The van der Waals surface area contributed by atoms with Gasteiger partial charge >= 0.3 is 0 Å². The first kappa shape index (κ1) is 13.8. The predicted octanol–water partition coefficient (Wildman–Crippen LogP) is 4.81. The quantitative estimate of drug-likeness (QED) is 0.858. The zero-order chi connectivity index (χ0) is 13.3. The lowest BCUT2D eigenvalue weighted by atomic mass is 10.0. The van der Waals surface area contributed by atoms with E-state index in [-0.39, 0.29) is 11.1 Å². The average Bonchev–Trinajstić information content (AvgIpc) is 2.66. The van der Waals surface area contributed by atoms with Gasteiger partial charge in [0.25, 0.3) is 0 Å². The minimum absolute atomic E-state index is 0.149. The summed E-state index contributed by atoms with van der Waals surface area (Å²) < 4.78 is 14.2. The molecule has 1 aromatic heterocycles. The molecule has 0 spiro atoms. The zero-order valence-corrected chi connectivity index (χ0v) is 12.3. The fourth-order valence-electron chi connectivity index (χ4n) is 1.82. The van der Waals surface area contributed by atoms with Gasteiger partial charge in [0.15, 0.2) is 0 Å². The molecular weight excluding hydrogens is 292 g/mol. The Morgan fingerprint density at radius 2 is 2.06 bits per heavy atom. The summed E-state index contributed by atoms with van der Waals surface area (Å²) in [6.45, 7) is 1.95. The summed E-state index contributed by atoms with van der Waals surface area (Å²) in [6, 6.07) is 6.67. The molecule has 1 aromatic carbocycles. The lowest BCUT2D eigenvalue weighted by Crippen LogP contribution is -2.17. The van der Waals surface area contributed by atoms with E-state index in [4.69, 9.17) is 23.2 Å². The SMILES string of the molecule is CNC(c1cc(C)c(Cl)s1)c1cccc(F)c1Cl. The van der Waals surface area contributed by atoms with Crippen LogP contribution in [0.5, 0.6) is 0 Å². The highest BCUT2D eigenvalue weighted by atomic mass is 35.5. The molecule has 2 rings (SSSR count). The smallest absolute Gasteiger partial charge is 0.142 e. The third kappa shape index (κ3) is 2.54. The molecule has 5 heteroatoms. The van der Waals surface area contributed by atoms with Crippen LogP contribution in [0.2, 0.25) is 9.36 Å². The van der Waals surface area contributed by atoms with Gasteiger partial charge in [-0.2, -0.15) is 0 Å². The third-order valence-corrected chi connectivity index (χ3v) is 4.76. The van der Waals surface area contributed by atoms with Crippen LogP contribution >= 0.6 is 34.5 Å². The van der Waals surface area contributed by atoms with Gasteiger partial charge in [0.2, 0.25) is 0 Å². The molecule has 1 unspecified atom stereocenters. The van der Waals surface area contributed by atoms with Crippen LogP contribution in [-0.4, -0.2) is 7.05 Å². The van der Waals surface area contributed by atoms with Gasteiger partial charge in [-0.15, -0.1) is 11.3 Å². The van der Waals surface area contributed by atoms with Crippen molar-refractivity contribution < 1.29 is 4.39 Å². The van der Waals surface area contributed by atoms with E-state index in [2.05, 4.69) is 5.32 Å². The van der Waals surface area contributed by atoms with Crippen molar-refractivity contribution in [1.82, 2.24) is 5.32 Å². The van der Waals surface area contributed by atoms with Crippen LogP contribution in [0.4, 0.5) is 4.39 Å². The highest BCUT2D eigenvalue weighted by Crippen LogP contribution is 2.36. The van der Waals surface area contributed by atoms with E-state index in [9.17, 15) is 4.39 Å². The van der Waals surface area contributed by atoms with E-state index in [0.717, 1.165) is 20.3 Å². The molecule has 0 aliphatic heterocycles. The van der Waals surface area contributed by atoms with Crippen LogP contribution in [0.25, 0.3) is 0 Å². The molecular formula is C13H12Cl2FNS. The number of thiophene rings is 1. The highest BCUT2D eigenvalue weighted by molar-refractivity contribution is 7.16. The summed E-state index contributed by atoms with van der Waals surface area (Å²) in [5.74, 6) is -0.409. The molecule has 0 saturated heterocycles. The van der Waals surface area contributed by atoms with Crippen molar-refractivity contribution in [2.24, 2.45) is 0 Å². The van der Waals surface area contributed by atoms with Crippen molar-refractivity contribution in [3.8, 4) is 0 Å². The van der Waals surface area contributed by atoms with Gasteiger partial charge in [-0.3, -0.25) is 0 Å². The molecule has 96 valence electrons. The Hall–Kier alpha value is -0.610. The van der Waals surface area contributed by atoms with Crippen LogP contribution in [0.3, 0.4) is 0 Å². The minimum atomic E-state index is -0.409. The number of rotatable bonds is 3. The normalized spacial score (nSPS) is 12.7. The maximum Gasteiger partial charge on any atom is 0.142 e. The van der Waals surface area contributed by atoms with Gasteiger partial charge in [0.1, 0.15) is 5.82 Å². The van der Waals surface area contributed by atoms with Crippen molar-refractivity contribution in [1.29, 1.82) is 0 Å². The van der Waals surface area contributed by atoms with Gasteiger partial charge in [-0.25, -0.2) is 4.39 Å². The first-order valence-corrected chi connectivity index (χ1v) is 6.99. The standard InChI is InChI=1S/C13H12Cl2FNS/c1-7-6-10(18-13(7)15)12(17-2)8-4-3-5-9(16)11(8)14/h3-6,12,17H,1-2H3. The Labute approximate surface area is 120 Å². The lowest BCUT2D eigenvalue weighted by Gasteiger charge is -2.16. The molecule has 0 aliphatic rings. The first-order chi connectivity index (χ1) is 8.54. The molecule has 0 saturated carbocycles. The molecule has 0 bridgehead atoms. The number of halogens is 3. The van der Waals surface area contributed by atoms with Gasteiger partial charge in [-0.05, 0) is 37.2 Å². The average molecular weight is 304 g/mol. The van der Waals surface area contributed by atoms with E-state index in [1.165, 1.54) is 17.4 Å². The van der Waals surface area contributed by atoms with Crippen LogP contribution in [0.1, 0.15) is 22.0 Å². The Balaban J connectivity index is 2.48. The van der Waals surface area contributed by atoms with Gasteiger partial charge in [0.05, 0.1) is 15.4 Å². The lowest BCUT2D eigenvalue weighted by molar-refractivity contribution is 0.618. The first-order valence-electron chi connectivity index (χ1n) is 5.41. The molecule has 1 atom stereocenters. The Kier molecular flexibility index (Phi) is 4.28. The van der Waals surface area contributed by atoms with E-state index in [0.29, 0.717) is 0 Å². The van der Waals surface area contributed by atoms with E-state index in [1.54, 1.807) is 6.07 Å². The molecule has 1 heterocycles. The van der Waals surface area contributed by atoms with Crippen LogP contribution < -0.4 is 5.32 Å². The Morgan fingerprint density at radius 3 is 2.61 bits per heavy atom. The monoisotopic (exact) mass is 303 g/mol. The summed E-state index contributed by atoms with van der Waals surface area (Å²) in [6.07, 6.45) is 0. The maximum absolute atomic E-state index is 13.5. The van der Waals surface area contributed by atoms with Crippen LogP contribution in [0.15, 0.2) is 24.3 Å². The van der Waals surface area contributed by atoms with Gasteiger partial charge < -0.3 is 5.32 Å². The highest BCUT2D eigenvalue weighted by Gasteiger charge is 2.19. The minimum Gasteiger partial charge on any atom is -0.309 e. The Bertz CT molecular complexity index is 549. The summed E-state index contributed by atoms with van der Waals surface area (Å²) >= 11 is 13.6. The van der Waals surface area contributed by atoms with Crippen molar-refractivity contribution in [2.75, 3.05) is 7.05 Å². The second-order valence-electron chi connectivity index (χ2n) is 3.97. The summed E-state index contributed by atoms with van der Waals surface area (Å²) in [4.78, 5) is 1.02. The second kappa shape index (κ2) is 5.57. The van der Waals surface area contributed by atoms with Crippen molar-refractivity contribution in [2.45, 2.75) is 13.0 Å². The predicted molar refractivity (Wildman–Crippen MR) is 76.4 cm³/mol. The molecule has 18 heavy (non-hydrogen) atoms. The van der Waals surface area contributed by atoms with Crippen LogP contribution in [-0.2, 0) is 0 Å². The summed E-state index contributed by atoms with van der Waals surface area (Å²) in [5, 5.41) is 3.30. The second-order valence-corrected chi connectivity index (χ2v) is 6.03. The number of hydrogen-bond acceptors (Lipinski definition) is 2. The van der Waals surface area contributed by atoms with E-state index in [1.807, 2.05) is 26.1 Å². The van der Waals surface area contributed by atoms with E-state index >= 15 is 0 Å². The summed E-state index contributed by atoms with van der Waals surface area (Å²) in [5.41, 5.74) is 1.74. The summed E-state index contributed by atoms with van der Waals surface area (Å²) in [7, 11) is 1.81. The van der Waals surface area contributed by atoms with Crippen LogP contribution in [0, 0.1) is 12.7 Å². The topological polar surface area (TPSA) is 12.0 Å². The molecule has 1 N–H and O–H groups in total. The number of nitrogens with one attached hydrogen (secondary N) is 1. The number of hydrogen-bond donors (Lipinski definition) is 1. The van der Waals surface area contributed by atoms with E-state index < -0.39 is 5.82 Å². The molecule has 1 nitrogen and oxygen atoms in total. The largest absolute Gasteiger partial charge is 0.309 e. The fraction of sp³-hybridized carbons (Fsp3) is 0.231. The third-order valence-electron chi connectivity index (χ3n) is 2.74.